The number of sulfone groups is 1. The maximum atomic E-state index is 11.6. The van der Waals surface area contributed by atoms with Gasteiger partial charge in [0, 0.05) is 24.5 Å². The van der Waals surface area contributed by atoms with Crippen LogP contribution in [0, 0.1) is 0 Å². The summed E-state index contributed by atoms with van der Waals surface area (Å²) in [5.41, 5.74) is -0.107. The Hall–Kier alpha value is -1.18. The number of hydrogen-bond acceptors (Lipinski definition) is 6. The number of rotatable bonds is 6. The van der Waals surface area contributed by atoms with Gasteiger partial charge in [0.1, 0.15) is 17.6 Å². The van der Waals surface area contributed by atoms with Gasteiger partial charge >= 0.3 is 0 Å². The minimum Gasteiger partial charge on any atom is -0.474 e. The minimum atomic E-state index is -3.40. The quantitative estimate of drug-likeness (QED) is 0.800. The molecule has 0 radical (unpaired) electrons. The van der Waals surface area contributed by atoms with E-state index in [4.69, 9.17) is 4.74 Å². The van der Waals surface area contributed by atoms with E-state index in [1.54, 1.807) is 0 Å². The second-order valence-corrected chi connectivity index (χ2v) is 7.66. The Bertz CT molecular complexity index is 538. The molecule has 0 fully saturated rings. The molecule has 20 heavy (non-hydrogen) atoms. The highest BCUT2D eigenvalue weighted by Gasteiger charge is 2.17. The normalized spacial score (nSPS) is 14.1. The zero-order valence-corrected chi connectivity index (χ0v) is 13.1. The van der Waals surface area contributed by atoms with E-state index in [1.165, 1.54) is 18.3 Å². The third-order valence-corrected chi connectivity index (χ3v) is 3.53. The fourth-order valence-corrected chi connectivity index (χ4v) is 2.18. The van der Waals surface area contributed by atoms with Crippen molar-refractivity contribution >= 4 is 9.84 Å². The molecule has 1 aromatic rings. The molecule has 0 bridgehead atoms. The summed E-state index contributed by atoms with van der Waals surface area (Å²) < 4.78 is 28.4. The second-order valence-electron chi connectivity index (χ2n) is 5.67. The van der Waals surface area contributed by atoms with Crippen LogP contribution in [0.2, 0.25) is 0 Å². The van der Waals surface area contributed by atoms with Gasteiger partial charge in [-0.15, -0.1) is 0 Å². The standard InChI is InChI=1S/C13H22N2O4S/c1-13(2,3)15-8-10(16)9-19-12-11(20(4,17)18)6-5-7-14-12/h5-7,10,15-16H,8-9H2,1-4H3. The maximum absolute atomic E-state index is 11.6. The highest BCUT2D eigenvalue weighted by molar-refractivity contribution is 7.90. The molecular formula is C13H22N2O4S. The van der Waals surface area contributed by atoms with Crippen molar-refractivity contribution in [3.8, 4) is 5.88 Å². The Balaban J connectivity index is 2.63. The van der Waals surface area contributed by atoms with Crippen LogP contribution in [0.1, 0.15) is 20.8 Å². The Morgan fingerprint density at radius 2 is 2.10 bits per heavy atom. The Morgan fingerprint density at radius 3 is 2.65 bits per heavy atom. The molecule has 1 rings (SSSR count). The lowest BCUT2D eigenvalue weighted by Gasteiger charge is -2.23. The smallest absolute Gasteiger partial charge is 0.232 e. The van der Waals surface area contributed by atoms with Gasteiger partial charge in [0.2, 0.25) is 5.88 Å². The van der Waals surface area contributed by atoms with Crippen molar-refractivity contribution in [3.63, 3.8) is 0 Å². The van der Waals surface area contributed by atoms with Crippen LogP contribution in [0.4, 0.5) is 0 Å². The van der Waals surface area contributed by atoms with Crippen molar-refractivity contribution in [2.75, 3.05) is 19.4 Å². The molecule has 0 aromatic carbocycles. The molecule has 1 heterocycles. The van der Waals surface area contributed by atoms with Gasteiger partial charge < -0.3 is 15.2 Å². The van der Waals surface area contributed by atoms with Gasteiger partial charge in [-0.05, 0) is 32.9 Å². The van der Waals surface area contributed by atoms with Crippen LogP contribution in [0.15, 0.2) is 23.2 Å². The molecule has 6 nitrogen and oxygen atoms in total. The number of aliphatic hydroxyl groups is 1. The molecule has 0 aliphatic heterocycles. The summed E-state index contributed by atoms with van der Waals surface area (Å²) in [6.07, 6.45) is 1.79. The topological polar surface area (TPSA) is 88.5 Å². The largest absolute Gasteiger partial charge is 0.474 e. The minimum absolute atomic E-state index is 0.0183. The number of aromatic nitrogens is 1. The van der Waals surface area contributed by atoms with Crippen LogP contribution in [0.25, 0.3) is 0 Å². The van der Waals surface area contributed by atoms with Gasteiger partial charge in [0.25, 0.3) is 0 Å². The lowest BCUT2D eigenvalue weighted by Crippen LogP contribution is -2.42. The molecule has 1 atom stereocenters. The van der Waals surface area contributed by atoms with Gasteiger partial charge in [0.05, 0.1) is 0 Å². The summed E-state index contributed by atoms with van der Waals surface area (Å²) in [7, 11) is -3.40. The third-order valence-electron chi connectivity index (χ3n) is 2.42. The highest BCUT2D eigenvalue weighted by Crippen LogP contribution is 2.20. The SMILES string of the molecule is CC(C)(C)NCC(O)COc1ncccc1S(C)(=O)=O. The molecule has 0 aliphatic rings. The van der Waals surface area contributed by atoms with Crippen LogP contribution in [0.5, 0.6) is 5.88 Å². The van der Waals surface area contributed by atoms with E-state index in [-0.39, 0.29) is 22.9 Å². The number of nitrogens with zero attached hydrogens (tertiary/aromatic N) is 1. The van der Waals surface area contributed by atoms with Crippen molar-refractivity contribution in [3.05, 3.63) is 18.3 Å². The molecule has 0 saturated carbocycles. The van der Waals surface area contributed by atoms with E-state index in [2.05, 4.69) is 10.3 Å². The molecular weight excluding hydrogens is 280 g/mol. The molecule has 0 amide bonds. The first-order valence-corrected chi connectivity index (χ1v) is 8.20. The Labute approximate surface area is 120 Å². The van der Waals surface area contributed by atoms with Crippen molar-refractivity contribution in [2.45, 2.75) is 37.3 Å². The molecule has 2 N–H and O–H groups in total. The van der Waals surface area contributed by atoms with Crippen molar-refractivity contribution in [1.82, 2.24) is 10.3 Å². The molecule has 0 spiro atoms. The monoisotopic (exact) mass is 302 g/mol. The number of hydrogen-bond donors (Lipinski definition) is 2. The zero-order chi connectivity index (χ0) is 15.4. The molecule has 0 saturated heterocycles. The van der Waals surface area contributed by atoms with E-state index in [9.17, 15) is 13.5 Å². The van der Waals surface area contributed by atoms with Gasteiger partial charge in [-0.2, -0.15) is 0 Å². The second kappa shape index (κ2) is 6.51. The fraction of sp³-hybridized carbons (Fsp3) is 0.615. The zero-order valence-electron chi connectivity index (χ0n) is 12.3. The average molecular weight is 302 g/mol. The van der Waals surface area contributed by atoms with E-state index < -0.39 is 15.9 Å². The van der Waals surface area contributed by atoms with E-state index in [0.717, 1.165) is 6.26 Å². The summed E-state index contributed by atoms with van der Waals surface area (Å²) >= 11 is 0. The van der Waals surface area contributed by atoms with Crippen molar-refractivity contribution in [1.29, 1.82) is 0 Å². The van der Waals surface area contributed by atoms with Gasteiger partial charge in [-0.1, -0.05) is 0 Å². The van der Waals surface area contributed by atoms with Crippen LogP contribution in [0.3, 0.4) is 0 Å². The first-order valence-electron chi connectivity index (χ1n) is 6.30. The highest BCUT2D eigenvalue weighted by atomic mass is 32.2. The predicted octanol–water partition coefficient (Wildman–Crippen LogP) is 0.613. The summed E-state index contributed by atoms with van der Waals surface area (Å²) in [6.45, 7) is 6.29. The van der Waals surface area contributed by atoms with E-state index in [1.807, 2.05) is 20.8 Å². The van der Waals surface area contributed by atoms with E-state index >= 15 is 0 Å². The molecule has 7 heteroatoms. The summed E-state index contributed by atoms with van der Waals surface area (Å²) in [5, 5.41) is 12.9. The number of β-amino-alcohol motifs (C(OH)–C–C–N with tert-alkyl or cyclic N) is 1. The number of pyridine rings is 1. The van der Waals surface area contributed by atoms with Gasteiger partial charge in [0.15, 0.2) is 9.84 Å². The van der Waals surface area contributed by atoms with Gasteiger partial charge in [-0.25, -0.2) is 13.4 Å². The van der Waals surface area contributed by atoms with Crippen LogP contribution in [-0.2, 0) is 9.84 Å². The van der Waals surface area contributed by atoms with E-state index in [0.29, 0.717) is 6.54 Å². The van der Waals surface area contributed by atoms with Crippen LogP contribution >= 0.6 is 0 Å². The predicted molar refractivity (Wildman–Crippen MR) is 76.6 cm³/mol. The molecule has 0 aliphatic carbocycles. The lowest BCUT2D eigenvalue weighted by molar-refractivity contribution is 0.0961. The lowest BCUT2D eigenvalue weighted by atomic mass is 10.1. The summed E-state index contributed by atoms with van der Waals surface area (Å²) in [6, 6.07) is 2.96. The average Bonchev–Trinajstić information content (AvgIpc) is 2.32. The fourth-order valence-electron chi connectivity index (χ4n) is 1.42. The first-order chi connectivity index (χ1) is 9.09. The first kappa shape index (κ1) is 16.9. The molecule has 1 aromatic heterocycles. The molecule has 114 valence electrons. The number of aliphatic hydroxyl groups excluding tert-OH is 1. The number of nitrogens with one attached hydrogen (secondary N) is 1. The van der Waals surface area contributed by atoms with Crippen LogP contribution < -0.4 is 10.1 Å². The van der Waals surface area contributed by atoms with Gasteiger partial charge in [-0.3, -0.25) is 0 Å². The van der Waals surface area contributed by atoms with Crippen molar-refractivity contribution < 1.29 is 18.3 Å². The Morgan fingerprint density at radius 1 is 1.45 bits per heavy atom. The maximum Gasteiger partial charge on any atom is 0.232 e. The molecule has 1 unspecified atom stereocenters. The van der Waals surface area contributed by atoms with Crippen LogP contribution in [-0.4, -0.2) is 49.6 Å². The summed E-state index contributed by atoms with van der Waals surface area (Å²) in [5.74, 6) is 0.0183. The van der Waals surface area contributed by atoms with Crippen molar-refractivity contribution in [2.24, 2.45) is 0 Å². The summed E-state index contributed by atoms with van der Waals surface area (Å²) in [4.78, 5) is 3.92. The third kappa shape index (κ3) is 5.85. The number of ether oxygens (including phenoxy) is 1. The Kier molecular flexibility index (Phi) is 5.50.